The van der Waals surface area contributed by atoms with Gasteiger partial charge in [-0.15, -0.1) is 0 Å². The molecule has 0 saturated carbocycles. The van der Waals surface area contributed by atoms with E-state index in [0.717, 1.165) is 30.3 Å². The van der Waals surface area contributed by atoms with Crippen LogP contribution in [0.1, 0.15) is 44.6 Å². The maximum Gasteiger partial charge on any atom is 0.142 e. The molecule has 0 N–H and O–H groups in total. The first-order valence-corrected chi connectivity index (χ1v) is 6.84. The van der Waals surface area contributed by atoms with E-state index in [2.05, 4.69) is 6.92 Å². The Morgan fingerprint density at radius 1 is 1.16 bits per heavy atom. The molecule has 0 spiro atoms. The van der Waals surface area contributed by atoms with Gasteiger partial charge in [0.05, 0.1) is 0 Å². The molecule has 1 rings (SSSR count). The Balaban J connectivity index is 2.69. The number of rotatable bonds is 8. The van der Waals surface area contributed by atoms with Crippen LogP contribution in [0.25, 0.3) is 6.08 Å². The molecule has 0 saturated heterocycles. The van der Waals surface area contributed by atoms with Gasteiger partial charge in [-0.2, -0.15) is 0 Å². The van der Waals surface area contributed by atoms with E-state index < -0.39 is 0 Å². The highest BCUT2D eigenvalue weighted by molar-refractivity contribution is 5.67. The lowest BCUT2D eigenvalue weighted by Gasteiger charge is -2.03. The van der Waals surface area contributed by atoms with Crippen molar-refractivity contribution >= 4 is 12.4 Å². The average Bonchev–Trinajstić information content (AvgIpc) is 2.43. The summed E-state index contributed by atoms with van der Waals surface area (Å²) in [6.45, 7) is 2.18. The molecule has 0 amide bonds. The summed E-state index contributed by atoms with van der Waals surface area (Å²) in [7, 11) is 0. The van der Waals surface area contributed by atoms with E-state index in [9.17, 15) is 9.18 Å². The SMILES string of the molecule is CCCCCCC(=Cc1ccc(F)cc1)/C=C/C=O. The fourth-order valence-electron chi connectivity index (χ4n) is 1.90. The molecule has 1 aromatic carbocycles. The molecule has 19 heavy (non-hydrogen) atoms. The number of hydrogen-bond acceptors (Lipinski definition) is 1. The number of hydrogen-bond donors (Lipinski definition) is 0. The maximum atomic E-state index is 12.8. The number of unbranched alkanes of at least 4 members (excludes halogenated alkanes) is 3. The topological polar surface area (TPSA) is 17.1 Å². The number of carbonyl (C=O) groups is 1. The van der Waals surface area contributed by atoms with Crippen LogP contribution in [0.4, 0.5) is 4.39 Å². The molecule has 0 unspecified atom stereocenters. The summed E-state index contributed by atoms with van der Waals surface area (Å²) in [5.41, 5.74) is 2.07. The zero-order chi connectivity index (χ0) is 13.9. The van der Waals surface area contributed by atoms with E-state index in [1.54, 1.807) is 12.1 Å². The predicted molar refractivity (Wildman–Crippen MR) is 78.3 cm³/mol. The third-order valence-electron chi connectivity index (χ3n) is 2.93. The molecule has 0 aliphatic heterocycles. The van der Waals surface area contributed by atoms with Crippen molar-refractivity contribution in [1.82, 2.24) is 0 Å². The second kappa shape index (κ2) is 9.26. The average molecular weight is 260 g/mol. The van der Waals surface area contributed by atoms with Crippen LogP contribution in [0.2, 0.25) is 0 Å². The number of halogens is 1. The van der Waals surface area contributed by atoms with Crippen LogP contribution in [0.15, 0.2) is 42.0 Å². The van der Waals surface area contributed by atoms with Crippen LogP contribution in [-0.2, 0) is 4.79 Å². The normalized spacial score (nSPS) is 12.0. The molecule has 0 aromatic heterocycles. The van der Waals surface area contributed by atoms with Gasteiger partial charge in [-0.05, 0) is 42.2 Å². The van der Waals surface area contributed by atoms with Crippen LogP contribution in [-0.4, -0.2) is 6.29 Å². The Hall–Kier alpha value is -1.70. The molecule has 0 fully saturated rings. The standard InChI is InChI=1S/C17H21FO/c1-2-3-4-5-7-15(8-6-13-19)14-16-9-11-17(18)12-10-16/h6,8-14H,2-5,7H2,1H3/b8-6+,15-14?. The first kappa shape index (κ1) is 15.4. The summed E-state index contributed by atoms with van der Waals surface area (Å²) >= 11 is 0. The third-order valence-corrected chi connectivity index (χ3v) is 2.93. The van der Waals surface area contributed by atoms with Crippen molar-refractivity contribution in [3.8, 4) is 0 Å². The molecular weight excluding hydrogens is 239 g/mol. The minimum atomic E-state index is -0.231. The van der Waals surface area contributed by atoms with Crippen molar-refractivity contribution in [2.75, 3.05) is 0 Å². The summed E-state index contributed by atoms with van der Waals surface area (Å²) in [6, 6.07) is 6.39. The van der Waals surface area contributed by atoms with E-state index in [4.69, 9.17) is 0 Å². The lowest BCUT2D eigenvalue weighted by Crippen LogP contribution is -1.84. The molecule has 0 bridgehead atoms. The second-order valence-corrected chi connectivity index (χ2v) is 4.58. The predicted octanol–water partition coefficient (Wildman–Crippen LogP) is 4.93. The number of allylic oxidation sites excluding steroid dienone is 3. The van der Waals surface area contributed by atoms with Gasteiger partial charge in [0.1, 0.15) is 12.1 Å². The van der Waals surface area contributed by atoms with Crippen molar-refractivity contribution in [2.45, 2.75) is 39.0 Å². The van der Waals surface area contributed by atoms with Crippen molar-refractivity contribution in [1.29, 1.82) is 0 Å². The van der Waals surface area contributed by atoms with Crippen molar-refractivity contribution in [3.63, 3.8) is 0 Å². The minimum absolute atomic E-state index is 0.231. The van der Waals surface area contributed by atoms with E-state index in [1.165, 1.54) is 37.5 Å². The quantitative estimate of drug-likeness (QED) is 0.280. The van der Waals surface area contributed by atoms with Crippen LogP contribution >= 0.6 is 0 Å². The molecule has 102 valence electrons. The van der Waals surface area contributed by atoms with Gasteiger partial charge in [-0.3, -0.25) is 4.79 Å². The van der Waals surface area contributed by atoms with Crippen molar-refractivity contribution < 1.29 is 9.18 Å². The highest BCUT2D eigenvalue weighted by Gasteiger charge is 1.96. The van der Waals surface area contributed by atoms with Gasteiger partial charge in [0.15, 0.2) is 0 Å². The summed E-state index contributed by atoms with van der Waals surface area (Å²) in [5.74, 6) is -0.231. The van der Waals surface area contributed by atoms with Crippen LogP contribution < -0.4 is 0 Å². The Morgan fingerprint density at radius 2 is 1.89 bits per heavy atom. The fraction of sp³-hybridized carbons (Fsp3) is 0.353. The van der Waals surface area contributed by atoms with Gasteiger partial charge in [-0.25, -0.2) is 4.39 Å². The third kappa shape index (κ3) is 6.70. The molecule has 0 radical (unpaired) electrons. The first-order chi connectivity index (χ1) is 9.26. The van der Waals surface area contributed by atoms with Gasteiger partial charge in [-0.1, -0.05) is 50.5 Å². The Labute approximate surface area is 114 Å². The van der Waals surface area contributed by atoms with Gasteiger partial charge < -0.3 is 0 Å². The molecular formula is C17H21FO. The van der Waals surface area contributed by atoms with Crippen molar-refractivity contribution in [3.05, 3.63) is 53.4 Å². The zero-order valence-corrected chi connectivity index (χ0v) is 11.4. The van der Waals surface area contributed by atoms with E-state index in [1.807, 2.05) is 12.2 Å². The largest absolute Gasteiger partial charge is 0.299 e. The minimum Gasteiger partial charge on any atom is -0.299 e. The Morgan fingerprint density at radius 3 is 2.53 bits per heavy atom. The molecule has 2 heteroatoms. The molecule has 1 nitrogen and oxygen atoms in total. The summed E-state index contributed by atoms with van der Waals surface area (Å²) in [6.07, 6.45) is 11.8. The highest BCUT2D eigenvalue weighted by atomic mass is 19.1. The molecule has 0 heterocycles. The molecule has 0 aliphatic carbocycles. The zero-order valence-electron chi connectivity index (χ0n) is 11.4. The van der Waals surface area contributed by atoms with Gasteiger partial charge >= 0.3 is 0 Å². The second-order valence-electron chi connectivity index (χ2n) is 4.58. The lowest BCUT2D eigenvalue weighted by molar-refractivity contribution is -0.104. The maximum absolute atomic E-state index is 12.8. The highest BCUT2D eigenvalue weighted by Crippen LogP contribution is 2.16. The molecule has 0 aliphatic rings. The van der Waals surface area contributed by atoms with Gasteiger partial charge in [0.2, 0.25) is 0 Å². The Kier molecular flexibility index (Phi) is 7.48. The molecule has 0 atom stereocenters. The van der Waals surface area contributed by atoms with Crippen LogP contribution in [0.5, 0.6) is 0 Å². The van der Waals surface area contributed by atoms with Crippen LogP contribution in [0.3, 0.4) is 0 Å². The van der Waals surface area contributed by atoms with E-state index >= 15 is 0 Å². The van der Waals surface area contributed by atoms with Gasteiger partial charge in [0, 0.05) is 0 Å². The number of carbonyl (C=O) groups excluding carboxylic acids is 1. The smallest absolute Gasteiger partial charge is 0.142 e. The monoisotopic (exact) mass is 260 g/mol. The summed E-state index contributed by atoms with van der Waals surface area (Å²) in [5, 5.41) is 0. The molecule has 1 aromatic rings. The number of aldehydes is 1. The lowest BCUT2D eigenvalue weighted by atomic mass is 10.0. The fourth-order valence-corrected chi connectivity index (χ4v) is 1.90. The Bertz CT molecular complexity index is 429. The van der Waals surface area contributed by atoms with Gasteiger partial charge in [0.25, 0.3) is 0 Å². The van der Waals surface area contributed by atoms with E-state index in [-0.39, 0.29) is 5.82 Å². The van der Waals surface area contributed by atoms with E-state index in [0.29, 0.717) is 0 Å². The van der Waals surface area contributed by atoms with Crippen LogP contribution in [0, 0.1) is 5.82 Å². The first-order valence-electron chi connectivity index (χ1n) is 6.84. The number of benzene rings is 1. The summed E-state index contributed by atoms with van der Waals surface area (Å²) in [4.78, 5) is 10.4. The van der Waals surface area contributed by atoms with Crippen molar-refractivity contribution in [2.24, 2.45) is 0 Å². The summed E-state index contributed by atoms with van der Waals surface area (Å²) < 4.78 is 12.8.